The number of ketones is 4. The minimum absolute atomic E-state index is 0.224. The minimum Gasteiger partial charge on any atom is -0.310 e. The molecule has 0 aliphatic rings. The van der Waals surface area contributed by atoms with Gasteiger partial charge in [-0.05, 0) is 209 Å². The van der Waals surface area contributed by atoms with Crippen molar-refractivity contribution in [2.24, 2.45) is 0 Å². The molecule has 8 heteroatoms. The molecule has 19 rings (SSSR count). The van der Waals surface area contributed by atoms with E-state index in [1.54, 1.807) is 0 Å². The predicted octanol–water partition coefficient (Wildman–Crippen LogP) is 32.7. The van der Waals surface area contributed by atoms with Crippen LogP contribution in [0.2, 0.25) is 0 Å². The molecule has 126 heavy (non-hydrogen) atoms. The molecule has 0 unspecified atom stereocenters. The number of carbonyl (C=O) groups excluding carboxylic acids is 4. The monoisotopic (exact) mass is 1640 g/mol. The van der Waals surface area contributed by atoms with Gasteiger partial charge in [0, 0.05) is 115 Å². The zero-order valence-electron chi connectivity index (χ0n) is 72.2. The summed E-state index contributed by atoms with van der Waals surface area (Å²) in [5, 5.41) is 9.69. The number of fused-ring (bicyclic) bond motifs is 8. The number of para-hydroxylation sites is 6. The summed E-state index contributed by atoms with van der Waals surface area (Å²) in [5.41, 5.74) is 23.7. The molecular formula is C118H104N4O4. The lowest BCUT2D eigenvalue weighted by molar-refractivity contribution is 0.0972. The molecule has 17 aromatic carbocycles. The molecule has 620 valence electrons. The molecule has 0 amide bonds. The van der Waals surface area contributed by atoms with Crippen LogP contribution in [0.3, 0.4) is 0 Å². The number of Topliss-reactive ketones (excluding diaryl/α,β-unsaturated/α-hetero) is 4. The van der Waals surface area contributed by atoms with E-state index < -0.39 is 0 Å². The smallest absolute Gasteiger partial charge is 0.162 e. The lowest BCUT2D eigenvalue weighted by Gasteiger charge is -2.27. The number of benzene rings is 17. The second-order valence-electron chi connectivity index (χ2n) is 32.1. The van der Waals surface area contributed by atoms with Crippen LogP contribution in [0.15, 0.2) is 413 Å². The van der Waals surface area contributed by atoms with Crippen LogP contribution in [0.5, 0.6) is 0 Å². The maximum Gasteiger partial charge on any atom is 0.162 e. The van der Waals surface area contributed by atoms with Gasteiger partial charge in [0.2, 0.25) is 0 Å². The first-order valence-electron chi connectivity index (χ1n) is 44.5. The number of hydrogen-bond donors (Lipinski definition) is 0. The topological polar surface area (TPSA) is 84.6 Å². The summed E-state index contributed by atoms with van der Waals surface area (Å²) >= 11 is 0. The minimum atomic E-state index is 0.224. The summed E-state index contributed by atoms with van der Waals surface area (Å²) in [4.78, 5) is 54.0. The molecule has 0 bridgehead atoms. The van der Waals surface area contributed by atoms with Gasteiger partial charge in [-0.25, -0.2) is 0 Å². The van der Waals surface area contributed by atoms with Gasteiger partial charge in [0.05, 0.1) is 27.8 Å². The number of aromatic nitrogens is 2. The molecule has 0 aliphatic heterocycles. The van der Waals surface area contributed by atoms with Crippen molar-refractivity contribution in [3.8, 4) is 44.8 Å². The molecule has 0 spiro atoms. The summed E-state index contributed by atoms with van der Waals surface area (Å²) in [7, 11) is 0. The van der Waals surface area contributed by atoms with Crippen LogP contribution >= 0.6 is 0 Å². The molecule has 0 N–H and O–H groups in total. The summed E-state index contributed by atoms with van der Waals surface area (Å²) in [6.07, 6.45) is 10.4. The van der Waals surface area contributed by atoms with Gasteiger partial charge in [-0.1, -0.05) is 332 Å². The Hall–Kier alpha value is -14.9. The zero-order chi connectivity index (χ0) is 86.5. The van der Waals surface area contributed by atoms with Crippen molar-refractivity contribution in [3.63, 3.8) is 0 Å². The number of unbranched alkanes of at least 4 members (excludes halogenated alkanes) is 4. The van der Waals surface area contributed by atoms with Crippen molar-refractivity contribution < 1.29 is 19.2 Å². The molecular weight excluding hydrogens is 1540 g/mol. The number of nitrogens with zero attached hydrogens (tertiary/aromatic N) is 4. The first-order chi connectivity index (χ1) is 62.0. The maximum absolute atomic E-state index is 12.5. The fourth-order valence-corrected chi connectivity index (χ4v) is 16.8. The fourth-order valence-electron chi connectivity index (χ4n) is 16.8. The van der Waals surface area contributed by atoms with Crippen molar-refractivity contribution in [1.29, 1.82) is 0 Å². The molecule has 2 aromatic heterocycles. The molecule has 0 aliphatic carbocycles. The predicted molar refractivity (Wildman–Crippen MR) is 531 cm³/mol. The standard InChI is InChI=1S/2C33H29NO.C29H25NO.C23H21NO/c1-2-3-16-33(35)28-19-17-25(18-20-28)26-21-23-30(24-22-26)34(29-12-5-4-6-13-29)32-15-9-11-27-10-7-8-14-31(27)32;1-2-3-13-33(35)28-16-14-26(15-17-28)27-18-21-31(22-19-27)34(30-11-5-4-6-12-30)32-23-20-25-9-7-8-10-29(25)24-32;1-2-3-13-29(31)22-16-14-21(15-17-22)23-18-19-28-26(20-23)25-11-7-8-12-27(25)30(28)24-9-5-4-6-10-24;1-2-3-13-23(25)17-14-15-22-20(16-17)19-11-7-8-12-21(19)24(22)18-9-5-4-6-10-18/h4-15,17-24H,2-3,16H2,1H3;4-12,14-24H,2-3,13H2,1H3;4-12,14-20H,2-3,13H2,1H3;4-12,14-16H,2-3,13H2,1H3. The highest BCUT2D eigenvalue weighted by molar-refractivity contribution is 6.13. The number of carbonyl (C=O) groups is 4. The quantitative estimate of drug-likeness (QED) is 0.0477. The van der Waals surface area contributed by atoms with E-state index in [9.17, 15) is 19.2 Å². The highest BCUT2D eigenvalue weighted by Crippen LogP contribution is 2.43. The normalized spacial score (nSPS) is 11.0. The largest absolute Gasteiger partial charge is 0.310 e. The van der Waals surface area contributed by atoms with E-state index in [2.05, 4.69) is 368 Å². The van der Waals surface area contributed by atoms with Gasteiger partial charge in [0.15, 0.2) is 23.1 Å². The van der Waals surface area contributed by atoms with Gasteiger partial charge in [-0.2, -0.15) is 0 Å². The van der Waals surface area contributed by atoms with E-state index in [1.165, 1.54) is 54.3 Å². The average Bonchev–Trinajstić information content (AvgIpc) is 1.59. The number of hydrogen-bond acceptors (Lipinski definition) is 6. The number of rotatable bonds is 27. The van der Waals surface area contributed by atoms with E-state index in [0.29, 0.717) is 25.7 Å². The Morgan fingerprint density at radius 3 is 0.984 bits per heavy atom. The lowest BCUT2D eigenvalue weighted by Crippen LogP contribution is -2.10. The molecule has 0 radical (unpaired) electrons. The molecule has 0 saturated heterocycles. The average molecular weight is 1640 g/mol. The molecule has 8 nitrogen and oxygen atoms in total. The first kappa shape index (κ1) is 84.7. The molecule has 0 atom stereocenters. The van der Waals surface area contributed by atoms with Crippen LogP contribution in [-0.4, -0.2) is 32.3 Å². The van der Waals surface area contributed by atoms with Crippen LogP contribution in [0.25, 0.3) is 110 Å². The second kappa shape index (κ2) is 40.9. The van der Waals surface area contributed by atoms with Crippen molar-refractivity contribution in [2.45, 2.75) is 105 Å². The SMILES string of the molecule is CCCCC(=O)c1ccc(-c2ccc(N(c3ccccc3)c3ccc4ccccc4c3)cc2)cc1.CCCCC(=O)c1ccc(-c2ccc(N(c3ccccc3)c3cccc4ccccc34)cc2)cc1.CCCCC(=O)c1ccc(-c2ccc3c(c2)c2ccccc2n3-c2ccccc2)cc1.CCCCC(=O)c1ccc2c(c1)c1ccccc1n2-c1ccccc1. The Bertz CT molecular complexity index is 6910. The van der Waals surface area contributed by atoms with E-state index in [1.807, 2.05) is 91.0 Å². The second-order valence-corrected chi connectivity index (χ2v) is 32.1. The molecule has 0 fully saturated rings. The van der Waals surface area contributed by atoms with Gasteiger partial charge in [0.1, 0.15) is 0 Å². The maximum atomic E-state index is 12.5. The van der Waals surface area contributed by atoms with Gasteiger partial charge < -0.3 is 18.9 Å². The van der Waals surface area contributed by atoms with Crippen LogP contribution in [0.1, 0.15) is 146 Å². The van der Waals surface area contributed by atoms with Crippen LogP contribution < -0.4 is 9.80 Å². The Morgan fingerprint density at radius 2 is 0.524 bits per heavy atom. The Balaban J connectivity index is 0.000000125. The Labute approximate surface area is 740 Å². The van der Waals surface area contributed by atoms with Crippen LogP contribution in [-0.2, 0) is 0 Å². The third-order valence-corrected chi connectivity index (χ3v) is 23.6. The molecule has 0 saturated carbocycles. The summed E-state index contributed by atoms with van der Waals surface area (Å²) in [6.45, 7) is 8.45. The van der Waals surface area contributed by atoms with Crippen molar-refractivity contribution in [2.75, 3.05) is 9.80 Å². The van der Waals surface area contributed by atoms with Gasteiger partial charge in [-0.3, -0.25) is 19.2 Å². The summed E-state index contributed by atoms with van der Waals surface area (Å²) in [6, 6.07) is 143. The molecule has 2 heterocycles. The van der Waals surface area contributed by atoms with E-state index in [0.717, 1.165) is 163 Å². The molecule has 19 aromatic rings. The van der Waals surface area contributed by atoms with Crippen molar-refractivity contribution in [3.05, 3.63) is 435 Å². The Kier molecular flexibility index (Phi) is 27.5. The summed E-state index contributed by atoms with van der Waals surface area (Å²) < 4.78 is 4.59. The van der Waals surface area contributed by atoms with Crippen molar-refractivity contribution >= 4 is 122 Å². The van der Waals surface area contributed by atoms with E-state index >= 15 is 0 Å². The highest BCUT2D eigenvalue weighted by atomic mass is 16.1. The summed E-state index contributed by atoms with van der Waals surface area (Å²) in [5.74, 6) is 0.917. The van der Waals surface area contributed by atoms with E-state index in [-0.39, 0.29) is 23.1 Å². The van der Waals surface area contributed by atoms with Gasteiger partial charge in [-0.15, -0.1) is 0 Å². The first-order valence-corrected chi connectivity index (χ1v) is 44.5. The fraction of sp³-hybridized carbons (Fsp3) is 0.136. The lowest BCUT2D eigenvalue weighted by atomic mass is 9.99. The van der Waals surface area contributed by atoms with Crippen LogP contribution in [0, 0.1) is 0 Å². The van der Waals surface area contributed by atoms with E-state index in [4.69, 9.17) is 0 Å². The number of anilines is 6. The van der Waals surface area contributed by atoms with Crippen LogP contribution in [0.4, 0.5) is 34.1 Å². The zero-order valence-corrected chi connectivity index (χ0v) is 72.2. The third kappa shape index (κ3) is 19.5. The van der Waals surface area contributed by atoms with Crippen molar-refractivity contribution in [1.82, 2.24) is 9.13 Å². The third-order valence-electron chi connectivity index (χ3n) is 23.6. The highest BCUT2D eigenvalue weighted by Gasteiger charge is 2.21. The Morgan fingerprint density at radius 1 is 0.214 bits per heavy atom. The van der Waals surface area contributed by atoms with Gasteiger partial charge in [0.25, 0.3) is 0 Å². The van der Waals surface area contributed by atoms with Gasteiger partial charge >= 0.3 is 0 Å².